The van der Waals surface area contributed by atoms with E-state index in [-0.39, 0.29) is 41.7 Å². The van der Waals surface area contributed by atoms with Crippen LogP contribution in [-0.2, 0) is 30.2 Å². The van der Waals surface area contributed by atoms with E-state index in [0.717, 1.165) is 6.92 Å². The van der Waals surface area contributed by atoms with E-state index in [0.29, 0.717) is 0 Å². The summed E-state index contributed by atoms with van der Waals surface area (Å²) in [6, 6.07) is 3.17. The van der Waals surface area contributed by atoms with Crippen molar-refractivity contribution in [1.82, 2.24) is 0 Å². The number of aromatic hydroxyl groups is 3. The van der Waals surface area contributed by atoms with Gasteiger partial charge in [0.1, 0.15) is 29.0 Å². The molecule has 1 aliphatic heterocycles. The van der Waals surface area contributed by atoms with Crippen LogP contribution in [0, 0.1) is 0 Å². The van der Waals surface area contributed by atoms with Crippen molar-refractivity contribution >= 4 is 17.3 Å². The Morgan fingerprint density at radius 3 is 2.40 bits per heavy atom. The first-order valence-corrected chi connectivity index (χ1v) is 15.5. The van der Waals surface area contributed by atoms with E-state index in [9.17, 15) is 45.0 Å². The highest BCUT2D eigenvalue weighted by molar-refractivity contribution is 6.31. The second kappa shape index (κ2) is 13.2. The molecular formula is C33H41NO13. The molecule has 0 radical (unpaired) electrons. The predicted octanol–water partition coefficient (Wildman–Crippen LogP) is 1.24. The molecule has 2 aromatic rings. The van der Waals surface area contributed by atoms with Crippen molar-refractivity contribution in [2.45, 2.75) is 108 Å². The largest absolute Gasteiger partial charge is 0.507 e. The third-order valence-corrected chi connectivity index (χ3v) is 9.04. The molecule has 0 saturated carbocycles. The molecule has 14 heteroatoms. The average molecular weight is 660 g/mol. The topological polar surface area (TPSA) is 236 Å². The standard InChI is InChI=1S/C33H41NO13/c1-13(36)8-22(44-14(2)12-35)47-32-15(3)45-23(9-19(32)34)46-21-11-33(43,16(4)37)10-18-25(21)31(42)27-26(29(18)40)28(39)17-6-5-7-20(38)24(17)30(27)41/h5-7,13-15,19,21-23,32,35-36,38,40,42-43H,8-12,34H2,1-4H3/t13-,14-,15-,19-,21+,22+,23+,32+,33-/m0/s1. The molecule has 0 spiro atoms. The molecule has 47 heavy (non-hydrogen) atoms. The highest BCUT2D eigenvalue weighted by atomic mass is 16.7. The maximum absolute atomic E-state index is 13.6. The smallest absolute Gasteiger partial charge is 0.202 e. The van der Waals surface area contributed by atoms with Crippen LogP contribution in [0.2, 0.25) is 0 Å². The van der Waals surface area contributed by atoms with Crippen LogP contribution in [0.5, 0.6) is 17.2 Å². The molecule has 1 heterocycles. The summed E-state index contributed by atoms with van der Waals surface area (Å²) >= 11 is 0. The SMILES string of the molecule is CC(=O)[C@]1(O)Cc2c(O)c3c(c(O)c2[C@H](O[C@@H]2C[C@H](N)[C@H](O[C@H](C[C@H](C)O)O[C@@H](C)CO)[C@H](C)O2)C1)C(=O)c1c(O)cccc1C3=O. The van der Waals surface area contributed by atoms with Crippen LogP contribution in [0.25, 0.3) is 0 Å². The van der Waals surface area contributed by atoms with Crippen molar-refractivity contribution < 1.29 is 64.0 Å². The number of nitrogens with two attached hydrogens (primary N) is 1. The predicted molar refractivity (Wildman–Crippen MR) is 162 cm³/mol. The van der Waals surface area contributed by atoms with E-state index < -0.39 is 113 Å². The van der Waals surface area contributed by atoms with Gasteiger partial charge in [-0.15, -0.1) is 0 Å². The number of phenolic OH excluding ortho intramolecular Hbond substituents is 3. The summed E-state index contributed by atoms with van der Waals surface area (Å²) in [6.45, 7) is 5.76. The maximum Gasteiger partial charge on any atom is 0.202 e. The van der Waals surface area contributed by atoms with E-state index in [4.69, 9.17) is 24.7 Å². The number of carbonyl (C=O) groups is 3. The average Bonchev–Trinajstić information content (AvgIpc) is 2.98. The summed E-state index contributed by atoms with van der Waals surface area (Å²) in [5.41, 5.74) is 2.60. The fraction of sp³-hybridized carbons (Fsp3) is 0.545. The molecule has 5 rings (SSSR count). The molecule has 0 aromatic heterocycles. The van der Waals surface area contributed by atoms with E-state index in [2.05, 4.69) is 0 Å². The molecular weight excluding hydrogens is 618 g/mol. The van der Waals surface area contributed by atoms with Crippen LogP contribution in [-0.4, -0.2) is 103 Å². The van der Waals surface area contributed by atoms with Gasteiger partial charge in [0.2, 0.25) is 5.78 Å². The molecule has 3 aliphatic rings. The fourth-order valence-corrected chi connectivity index (χ4v) is 6.60. The zero-order valence-electron chi connectivity index (χ0n) is 26.5. The van der Waals surface area contributed by atoms with Crippen molar-refractivity contribution in [2.24, 2.45) is 5.73 Å². The van der Waals surface area contributed by atoms with E-state index >= 15 is 0 Å². The van der Waals surface area contributed by atoms with Gasteiger partial charge in [0.25, 0.3) is 0 Å². The number of aliphatic hydroxyl groups is 3. The lowest BCUT2D eigenvalue weighted by atomic mass is 9.72. The zero-order chi connectivity index (χ0) is 34.5. The van der Waals surface area contributed by atoms with E-state index in [1.807, 2.05) is 0 Å². The van der Waals surface area contributed by atoms with E-state index in [1.54, 1.807) is 20.8 Å². The Bertz CT molecular complexity index is 1560. The Morgan fingerprint density at radius 2 is 1.79 bits per heavy atom. The normalized spacial score (nSPS) is 29.0. The van der Waals surface area contributed by atoms with Crippen molar-refractivity contribution in [3.05, 3.63) is 51.6 Å². The highest BCUT2D eigenvalue weighted by Gasteiger charge is 2.49. The van der Waals surface area contributed by atoms with Crippen LogP contribution in [0.4, 0.5) is 0 Å². The summed E-state index contributed by atoms with van der Waals surface area (Å²) in [4.78, 5) is 39.8. The van der Waals surface area contributed by atoms with Gasteiger partial charge >= 0.3 is 0 Å². The summed E-state index contributed by atoms with van der Waals surface area (Å²) in [5, 5.41) is 64.2. The van der Waals surface area contributed by atoms with Gasteiger partial charge in [-0.1, -0.05) is 12.1 Å². The zero-order valence-corrected chi connectivity index (χ0v) is 26.5. The first-order chi connectivity index (χ1) is 22.1. The van der Waals surface area contributed by atoms with Gasteiger partial charge in [-0.25, -0.2) is 0 Å². The lowest BCUT2D eigenvalue weighted by Crippen LogP contribution is -2.55. The molecule has 9 atom stereocenters. The Balaban J connectivity index is 1.48. The number of fused-ring (bicyclic) bond motifs is 3. The number of hydrogen-bond donors (Lipinski definition) is 7. The Labute approximate surface area is 270 Å². The molecule has 2 aliphatic carbocycles. The summed E-state index contributed by atoms with van der Waals surface area (Å²) in [6.07, 6.45) is -6.88. The minimum Gasteiger partial charge on any atom is -0.507 e. The van der Waals surface area contributed by atoms with Crippen LogP contribution in [0.15, 0.2) is 18.2 Å². The lowest BCUT2D eigenvalue weighted by molar-refractivity contribution is -0.285. The van der Waals surface area contributed by atoms with Gasteiger partial charge in [-0.2, -0.15) is 0 Å². The monoisotopic (exact) mass is 659 g/mol. The van der Waals surface area contributed by atoms with Gasteiger partial charge in [0.05, 0.1) is 47.7 Å². The second-order valence-corrected chi connectivity index (χ2v) is 12.7. The maximum atomic E-state index is 13.6. The summed E-state index contributed by atoms with van der Waals surface area (Å²) in [7, 11) is 0. The van der Waals surface area contributed by atoms with Gasteiger partial charge in [-0.3, -0.25) is 14.4 Å². The Hall–Kier alpha value is -3.47. The third-order valence-electron chi connectivity index (χ3n) is 9.04. The number of Topliss-reactive ketones (excluding diaryl/α,β-unsaturated/α-hetero) is 1. The van der Waals surface area contributed by atoms with Gasteiger partial charge in [0, 0.05) is 48.4 Å². The number of hydrogen-bond acceptors (Lipinski definition) is 14. The molecule has 2 aromatic carbocycles. The number of phenols is 3. The first-order valence-electron chi connectivity index (χ1n) is 15.5. The van der Waals surface area contributed by atoms with Gasteiger partial charge < -0.3 is 55.3 Å². The molecule has 0 unspecified atom stereocenters. The molecule has 8 N–H and O–H groups in total. The van der Waals surface area contributed by atoms with Crippen LogP contribution in [0.1, 0.15) is 96.0 Å². The molecule has 14 nitrogen and oxygen atoms in total. The molecule has 0 amide bonds. The number of carbonyl (C=O) groups excluding carboxylic acids is 3. The Morgan fingerprint density at radius 1 is 1.11 bits per heavy atom. The second-order valence-electron chi connectivity index (χ2n) is 12.7. The number of ether oxygens (including phenoxy) is 4. The number of rotatable bonds is 10. The lowest BCUT2D eigenvalue weighted by Gasteiger charge is -2.43. The quantitative estimate of drug-likeness (QED) is 0.120. The molecule has 1 saturated heterocycles. The molecule has 1 fully saturated rings. The van der Waals surface area contributed by atoms with Crippen molar-refractivity contribution in [3.63, 3.8) is 0 Å². The molecule has 256 valence electrons. The number of benzene rings is 2. The molecule has 0 bridgehead atoms. The Kier molecular flexibility index (Phi) is 9.79. The summed E-state index contributed by atoms with van der Waals surface area (Å²) < 4.78 is 24.1. The summed E-state index contributed by atoms with van der Waals surface area (Å²) in [5.74, 6) is -4.26. The minimum atomic E-state index is -2.07. The van der Waals surface area contributed by atoms with Gasteiger partial charge in [-0.05, 0) is 33.8 Å². The van der Waals surface area contributed by atoms with Crippen molar-refractivity contribution in [3.8, 4) is 17.2 Å². The third kappa shape index (κ3) is 6.39. The van der Waals surface area contributed by atoms with Crippen molar-refractivity contribution in [1.29, 1.82) is 0 Å². The van der Waals surface area contributed by atoms with Gasteiger partial charge in [0.15, 0.2) is 24.1 Å². The van der Waals surface area contributed by atoms with Crippen LogP contribution >= 0.6 is 0 Å². The van der Waals surface area contributed by atoms with Crippen LogP contribution < -0.4 is 5.73 Å². The fourth-order valence-electron chi connectivity index (χ4n) is 6.60. The highest BCUT2D eigenvalue weighted by Crippen LogP contribution is 2.52. The minimum absolute atomic E-state index is 0.0205. The van der Waals surface area contributed by atoms with Crippen LogP contribution in [0.3, 0.4) is 0 Å². The first kappa shape index (κ1) is 34.9. The van der Waals surface area contributed by atoms with E-state index in [1.165, 1.54) is 18.2 Å². The van der Waals surface area contributed by atoms with Crippen molar-refractivity contribution in [2.75, 3.05) is 6.61 Å². The number of aliphatic hydroxyl groups excluding tert-OH is 2. The number of ketones is 3.